The number of hydrogen-bond acceptors (Lipinski definition) is 2. The second-order valence-electron chi connectivity index (χ2n) is 3.46. The SMILES string of the molecule is Cc1ccnc(N2CCCC2)c1Cl. The minimum Gasteiger partial charge on any atom is -0.355 e. The van der Waals surface area contributed by atoms with Gasteiger partial charge in [0.25, 0.3) is 0 Å². The second-order valence-corrected chi connectivity index (χ2v) is 3.84. The molecular weight excluding hydrogens is 184 g/mol. The maximum atomic E-state index is 6.17. The standard InChI is InChI=1S/C10H13ClN2/c1-8-4-5-12-10(9(8)11)13-6-2-3-7-13/h4-5H,2-3,6-7H2,1H3. The molecule has 0 amide bonds. The molecule has 0 unspecified atom stereocenters. The van der Waals surface area contributed by atoms with Crippen molar-refractivity contribution in [3.63, 3.8) is 0 Å². The third kappa shape index (κ3) is 1.63. The summed E-state index contributed by atoms with van der Waals surface area (Å²) < 4.78 is 0. The van der Waals surface area contributed by atoms with Gasteiger partial charge in [0.1, 0.15) is 5.82 Å². The fraction of sp³-hybridized carbons (Fsp3) is 0.500. The van der Waals surface area contributed by atoms with Crippen molar-refractivity contribution in [3.8, 4) is 0 Å². The fourth-order valence-corrected chi connectivity index (χ4v) is 1.91. The molecule has 1 aliphatic heterocycles. The lowest BCUT2D eigenvalue weighted by Gasteiger charge is -2.18. The molecule has 70 valence electrons. The molecule has 0 aromatic carbocycles. The summed E-state index contributed by atoms with van der Waals surface area (Å²) in [5.41, 5.74) is 1.11. The van der Waals surface area contributed by atoms with Crippen molar-refractivity contribution in [3.05, 3.63) is 22.8 Å². The Morgan fingerprint density at radius 2 is 2.08 bits per heavy atom. The van der Waals surface area contributed by atoms with Gasteiger partial charge in [-0.15, -0.1) is 0 Å². The van der Waals surface area contributed by atoms with Gasteiger partial charge >= 0.3 is 0 Å². The molecular formula is C10H13ClN2. The summed E-state index contributed by atoms with van der Waals surface area (Å²) >= 11 is 6.17. The van der Waals surface area contributed by atoms with E-state index in [1.165, 1.54) is 12.8 Å². The highest BCUT2D eigenvalue weighted by molar-refractivity contribution is 6.33. The van der Waals surface area contributed by atoms with Gasteiger partial charge in [-0.3, -0.25) is 0 Å². The van der Waals surface area contributed by atoms with E-state index in [-0.39, 0.29) is 0 Å². The summed E-state index contributed by atoms with van der Waals surface area (Å²) in [4.78, 5) is 6.57. The van der Waals surface area contributed by atoms with Crippen molar-refractivity contribution in [2.24, 2.45) is 0 Å². The maximum Gasteiger partial charge on any atom is 0.147 e. The van der Waals surface area contributed by atoms with E-state index < -0.39 is 0 Å². The van der Waals surface area contributed by atoms with Crippen molar-refractivity contribution in [2.75, 3.05) is 18.0 Å². The number of nitrogens with zero attached hydrogens (tertiary/aromatic N) is 2. The number of rotatable bonds is 1. The monoisotopic (exact) mass is 196 g/mol. The molecule has 1 saturated heterocycles. The zero-order valence-corrected chi connectivity index (χ0v) is 8.51. The Balaban J connectivity index is 2.33. The molecule has 0 aliphatic carbocycles. The van der Waals surface area contributed by atoms with E-state index in [9.17, 15) is 0 Å². The second kappa shape index (κ2) is 3.54. The molecule has 1 aromatic rings. The lowest BCUT2D eigenvalue weighted by Crippen LogP contribution is -2.19. The Kier molecular flexibility index (Phi) is 2.40. The third-order valence-corrected chi connectivity index (χ3v) is 2.94. The Morgan fingerprint density at radius 1 is 1.38 bits per heavy atom. The molecule has 2 nitrogen and oxygen atoms in total. The summed E-state index contributed by atoms with van der Waals surface area (Å²) in [6.07, 6.45) is 4.34. The summed E-state index contributed by atoms with van der Waals surface area (Å²) in [6, 6.07) is 1.95. The highest BCUT2D eigenvalue weighted by Gasteiger charge is 2.16. The third-order valence-electron chi connectivity index (χ3n) is 2.47. The van der Waals surface area contributed by atoms with Gasteiger partial charge in [0.2, 0.25) is 0 Å². The number of hydrogen-bond donors (Lipinski definition) is 0. The first-order valence-corrected chi connectivity index (χ1v) is 5.03. The van der Waals surface area contributed by atoms with Gasteiger partial charge in [0.15, 0.2) is 0 Å². The maximum absolute atomic E-state index is 6.17. The molecule has 0 radical (unpaired) electrons. The van der Waals surface area contributed by atoms with Crippen LogP contribution in [0.15, 0.2) is 12.3 Å². The van der Waals surface area contributed by atoms with Gasteiger partial charge < -0.3 is 4.90 Å². The molecule has 1 fully saturated rings. The van der Waals surface area contributed by atoms with Crippen LogP contribution in [0.5, 0.6) is 0 Å². The molecule has 1 aliphatic rings. The van der Waals surface area contributed by atoms with Crippen LogP contribution in [-0.2, 0) is 0 Å². The average molecular weight is 197 g/mol. The van der Waals surface area contributed by atoms with Crippen LogP contribution in [-0.4, -0.2) is 18.1 Å². The largest absolute Gasteiger partial charge is 0.355 e. The summed E-state index contributed by atoms with van der Waals surface area (Å²) in [6.45, 7) is 4.20. The first-order chi connectivity index (χ1) is 6.29. The first-order valence-electron chi connectivity index (χ1n) is 4.65. The van der Waals surface area contributed by atoms with Crippen molar-refractivity contribution in [1.29, 1.82) is 0 Å². The number of pyridine rings is 1. The van der Waals surface area contributed by atoms with Gasteiger partial charge in [-0.05, 0) is 31.4 Å². The van der Waals surface area contributed by atoms with Crippen LogP contribution in [0.4, 0.5) is 5.82 Å². The van der Waals surface area contributed by atoms with E-state index in [1.807, 2.05) is 19.2 Å². The molecule has 0 saturated carbocycles. The molecule has 1 aromatic heterocycles. The molecule has 3 heteroatoms. The zero-order chi connectivity index (χ0) is 9.26. The lowest BCUT2D eigenvalue weighted by atomic mass is 10.3. The van der Waals surface area contributed by atoms with E-state index >= 15 is 0 Å². The van der Waals surface area contributed by atoms with E-state index in [0.717, 1.165) is 29.5 Å². The molecule has 2 heterocycles. The van der Waals surface area contributed by atoms with Crippen LogP contribution < -0.4 is 4.90 Å². The Labute approximate surface area is 83.5 Å². The van der Waals surface area contributed by atoms with E-state index in [0.29, 0.717) is 0 Å². The van der Waals surface area contributed by atoms with Crippen molar-refractivity contribution in [1.82, 2.24) is 4.98 Å². The van der Waals surface area contributed by atoms with Crippen molar-refractivity contribution < 1.29 is 0 Å². The van der Waals surface area contributed by atoms with E-state index in [4.69, 9.17) is 11.6 Å². The number of aromatic nitrogens is 1. The Bertz CT molecular complexity index is 306. The van der Waals surface area contributed by atoms with Crippen LogP contribution in [0.1, 0.15) is 18.4 Å². The first kappa shape index (κ1) is 8.82. The molecule has 13 heavy (non-hydrogen) atoms. The van der Waals surface area contributed by atoms with Crippen molar-refractivity contribution >= 4 is 17.4 Å². The van der Waals surface area contributed by atoms with E-state index in [2.05, 4.69) is 9.88 Å². The molecule has 0 bridgehead atoms. The molecule has 0 atom stereocenters. The number of anilines is 1. The van der Waals surface area contributed by atoms with Crippen LogP contribution in [0, 0.1) is 6.92 Å². The lowest BCUT2D eigenvalue weighted by molar-refractivity contribution is 0.935. The van der Waals surface area contributed by atoms with Gasteiger partial charge in [-0.2, -0.15) is 0 Å². The highest BCUT2D eigenvalue weighted by atomic mass is 35.5. The predicted molar refractivity (Wildman–Crippen MR) is 55.4 cm³/mol. The van der Waals surface area contributed by atoms with E-state index in [1.54, 1.807) is 0 Å². The van der Waals surface area contributed by atoms with Crippen LogP contribution >= 0.6 is 11.6 Å². The molecule has 0 spiro atoms. The Hall–Kier alpha value is -0.760. The minimum absolute atomic E-state index is 0.810. The molecule has 2 rings (SSSR count). The fourth-order valence-electron chi connectivity index (χ4n) is 1.68. The zero-order valence-electron chi connectivity index (χ0n) is 7.76. The number of aryl methyl sites for hydroxylation is 1. The summed E-state index contributed by atoms with van der Waals surface area (Å²) in [5.74, 6) is 0.958. The van der Waals surface area contributed by atoms with Crippen molar-refractivity contribution in [2.45, 2.75) is 19.8 Å². The van der Waals surface area contributed by atoms with Crippen LogP contribution in [0.3, 0.4) is 0 Å². The minimum atomic E-state index is 0.810. The topological polar surface area (TPSA) is 16.1 Å². The predicted octanol–water partition coefficient (Wildman–Crippen LogP) is 2.64. The van der Waals surface area contributed by atoms with Gasteiger partial charge in [0, 0.05) is 19.3 Å². The average Bonchev–Trinajstić information content (AvgIpc) is 2.62. The Morgan fingerprint density at radius 3 is 2.77 bits per heavy atom. The highest BCUT2D eigenvalue weighted by Crippen LogP contribution is 2.28. The summed E-state index contributed by atoms with van der Waals surface area (Å²) in [5, 5.41) is 0.810. The van der Waals surface area contributed by atoms with Crippen LogP contribution in [0.25, 0.3) is 0 Å². The number of halogens is 1. The smallest absolute Gasteiger partial charge is 0.147 e. The van der Waals surface area contributed by atoms with Gasteiger partial charge in [-0.1, -0.05) is 11.6 Å². The van der Waals surface area contributed by atoms with Crippen LogP contribution in [0.2, 0.25) is 5.02 Å². The van der Waals surface area contributed by atoms with Gasteiger partial charge in [0.05, 0.1) is 5.02 Å². The normalized spacial score (nSPS) is 16.6. The summed E-state index contributed by atoms with van der Waals surface area (Å²) in [7, 11) is 0. The quantitative estimate of drug-likeness (QED) is 0.687. The molecule has 0 N–H and O–H groups in total. The van der Waals surface area contributed by atoms with Gasteiger partial charge in [-0.25, -0.2) is 4.98 Å².